The zero-order valence-corrected chi connectivity index (χ0v) is 8.10. The molecule has 0 amide bonds. The van der Waals surface area contributed by atoms with Crippen molar-refractivity contribution >= 4 is 0 Å². The summed E-state index contributed by atoms with van der Waals surface area (Å²) in [5.41, 5.74) is 0.858. The number of aliphatic hydroxyl groups excluding tert-OH is 1. The first kappa shape index (κ1) is 10.2. The van der Waals surface area contributed by atoms with Gasteiger partial charge in [-0.15, -0.1) is 0 Å². The maximum Gasteiger partial charge on any atom is 0.0956 e. The fourth-order valence-corrected chi connectivity index (χ4v) is 1.26. The van der Waals surface area contributed by atoms with E-state index in [2.05, 4.69) is 4.98 Å². The van der Waals surface area contributed by atoms with E-state index in [1.807, 2.05) is 11.6 Å². The van der Waals surface area contributed by atoms with Crippen LogP contribution in [0.25, 0.3) is 0 Å². The van der Waals surface area contributed by atoms with Crippen LogP contribution in [-0.2, 0) is 11.8 Å². The summed E-state index contributed by atoms with van der Waals surface area (Å²) in [6.07, 6.45) is 4.53. The van der Waals surface area contributed by atoms with Crippen LogP contribution in [0.2, 0.25) is 0 Å². The van der Waals surface area contributed by atoms with E-state index in [1.54, 1.807) is 19.6 Å². The number of nitrogens with zero attached hydrogens (tertiary/aromatic N) is 2. The predicted octanol–water partition coefficient (Wildman–Crippen LogP) is 0.880. The standard InChI is InChI=1S/C9H16N2O2/c1-11-7-10-6-8(11)9(12)4-3-5-13-2/h6-7,9,12H,3-5H2,1-2H3. The smallest absolute Gasteiger partial charge is 0.0956 e. The molecule has 4 heteroatoms. The van der Waals surface area contributed by atoms with Crippen LogP contribution in [0.4, 0.5) is 0 Å². The van der Waals surface area contributed by atoms with E-state index >= 15 is 0 Å². The van der Waals surface area contributed by atoms with Crippen molar-refractivity contribution in [2.45, 2.75) is 18.9 Å². The third-order valence-corrected chi connectivity index (χ3v) is 2.02. The molecule has 0 aromatic carbocycles. The molecule has 0 saturated carbocycles. The highest BCUT2D eigenvalue weighted by molar-refractivity contribution is 5.01. The first-order valence-electron chi connectivity index (χ1n) is 4.39. The lowest BCUT2D eigenvalue weighted by Crippen LogP contribution is -2.04. The van der Waals surface area contributed by atoms with E-state index in [-0.39, 0.29) is 0 Å². The van der Waals surface area contributed by atoms with Crippen molar-refractivity contribution in [1.29, 1.82) is 0 Å². The van der Waals surface area contributed by atoms with Gasteiger partial charge in [0.25, 0.3) is 0 Å². The molecule has 0 saturated heterocycles. The first-order valence-corrected chi connectivity index (χ1v) is 4.39. The molecule has 74 valence electrons. The minimum absolute atomic E-state index is 0.428. The van der Waals surface area contributed by atoms with Gasteiger partial charge in [0.1, 0.15) is 0 Å². The number of aliphatic hydroxyl groups is 1. The number of aromatic nitrogens is 2. The maximum absolute atomic E-state index is 9.70. The molecule has 0 fully saturated rings. The van der Waals surface area contributed by atoms with Gasteiger partial charge in [-0.3, -0.25) is 0 Å². The average molecular weight is 184 g/mol. The second-order valence-electron chi connectivity index (χ2n) is 3.08. The molecule has 0 radical (unpaired) electrons. The molecule has 0 spiro atoms. The van der Waals surface area contributed by atoms with Crippen LogP contribution in [0, 0.1) is 0 Å². The number of rotatable bonds is 5. The van der Waals surface area contributed by atoms with Gasteiger partial charge in [-0.2, -0.15) is 0 Å². The summed E-state index contributed by atoms with van der Waals surface area (Å²) in [4.78, 5) is 3.94. The van der Waals surface area contributed by atoms with E-state index in [4.69, 9.17) is 4.74 Å². The Balaban J connectivity index is 2.39. The van der Waals surface area contributed by atoms with Gasteiger partial charge in [-0.1, -0.05) is 0 Å². The highest BCUT2D eigenvalue weighted by Crippen LogP contribution is 2.16. The lowest BCUT2D eigenvalue weighted by atomic mass is 10.1. The second-order valence-corrected chi connectivity index (χ2v) is 3.08. The number of aryl methyl sites for hydroxylation is 1. The molecule has 4 nitrogen and oxygen atoms in total. The Hall–Kier alpha value is -0.870. The molecule has 1 N–H and O–H groups in total. The third-order valence-electron chi connectivity index (χ3n) is 2.02. The normalized spacial score (nSPS) is 13.2. The SMILES string of the molecule is COCCCC(O)c1cncn1C. The number of ether oxygens (including phenoxy) is 1. The van der Waals surface area contributed by atoms with Crippen LogP contribution in [0.5, 0.6) is 0 Å². The molecule has 1 heterocycles. The Morgan fingerprint density at radius 3 is 3.00 bits per heavy atom. The topological polar surface area (TPSA) is 47.3 Å². The van der Waals surface area contributed by atoms with Gasteiger partial charge in [0.2, 0.25) is 0 Å². The van der Waals surface area contributed by atoms with Crippen molar-refractivity contribution < 1.29 is 9.84 Å². The molecule has 1 atom stereocenters. The van der Waals surface area contributed by atoms with Crippen LogP contribution < -0.4 is 0 Å². The number of hydrogen-bond donors (Lipinski definition) is 1. The molecular weight excluding hydrogens is 168 g/mol. The quantitative estimate of drug-likeness (QED) is 0.691. The summed E-state index contributed by atoms with van der Waals surface area (Å²) in [5, 5.41) is 9.70. The Bertz CT molecular complexity index is 248. The average Bonchev–Trinajstić information content (AvgIpc) is 2.52. The van der Waals surface area contributed by atoms with Crippen molar-refractivity contribution in [3.8, 4) is 0 Å². The van der Waals surface area contributed by atoms with Crippen molar-refractivity contribution in [1.82, 2.24) is 9.55 Å². The molecule has 0 bridgehead atoms. The van der Waals surface area contributed by atoms with Gasteiger partial charge in [-0.25, -0.2) is 4.98 Å². The van der Waals surface area contributed by atoms with Crippen LogP contribution in [-0.4, -0.2) is 28.4 Å². The van der Waals surface area contributed by atoms with Gasteiger partial charge < -0.3 is 14.4 Å². The van der Waals surface area contributed by atoms with Gasteiger partial charge >= 0.3 is 0 Å². The van der Waals surface area contributed by atoms with Crippen LogP contribution in [0.3, 0.4) is 0 Å². The highest BCUT2D eigenvalue weighted by Gasteiger charge is 2.10. The highest BCUT2D eigenvalue weighted by atomic mass is 16.5. The van der Waals surface area contributed by atoms with Crippen molar-refractivity contribution in [3.05, 3.63) is 18.2 Å². The van der Waals surface area contributed by atoms with Crippen molar-refractivity contribution in [2.24, 2.45) is 7.05 Å². The number of hydrogen-bond acceptors (Lipinski definition) is 3. The Morgan fingerprint density at radius 2 is 2.46 bits per heavy atom. The molecule has 1 aromatic heterocycles. The van der Waals surface area contributed by atoms with E-state index in [1.165, 1.54) is 0 Å². The molecule has 0 aliphatic carbocycles. The predicted molar refractivity (Wildman–Crippen MR) is 49.3 cm³/mol. The molecule has 0 aliphatic rings. The summed E-state index contributed by atoms with van der Waals surface area (Å²) in [5.74, 6) is 0. The monoisotopic (exact) mass is 184 g/mol. The number of methoxy groups -OCH3 is 1. The van der Waals surface area contributed by atoms with E-state index in [0.717, 1.165) is 12.1 Å². The fraction of sp³-hybridized carbons (Fsp3) is 0.667. The summed E-state index contributed by atoms with van der Waals surface area (Å²) >= 11 is 0. The van der Waals surface area contributed by atoms with Crippen molar-refractivity contribution in [2.75, 3.05) is 13.7 Å². The summed E-state index contributed by atoms with van der Waals surface area (Å²) in [7, 11) is 3.54. The maximum atomic E-state index is 9.70. The molecule has 1 unspecified atom stereocenters. The Morgan fingerprint density at radius 1 is 1.69 bits per heavy atom. The van der Waals surface area contributed by atoms with Crippen molar-refractivity contribution in [3.63, 3.8) is 0 Å². The first-order chi connectivity index (χ1) is 6.25. The van der Waals surface area contributed by atoms with Crippen LogP contribution in [0.1, 0.15) is 24.6 Å². The minimum atomic E-state index is -0.428. The fourth-order valence-electron chi connectivity index (χ4n) is 1.26. The van der Waals surface area contributed by atoms with Gasteiger partial charge in [0.05, 0.1) is 24.3 Å². The van der Waals surface area contributed by atoms with Gasteiger partial charge in [-0.05, 0) is 12.8 Å². The number of imidazole rings is 1. The molecular formula is C9H16N2O2. The second kappa shape index (κ2) is 4.99. The molecule has 13 heavy (non-hydrogen) atoms. The van der Waals surface area contributed by atoms with Gasteiger partial charge in [0, 0.05) is 20.8 Å². The summed E-state index contributed by atoms with van der Waals surface area (Å²) in [6.45, 7) is 0.689. The molecule has 1 rings (SSSR count). The molecule has 0 aliphatic heterocycles. The largest absolute Gasteiger partial charge is 0.387 e. The zero-order chi connectivity index (χ0) is 9.68. The summed E-state index contributed by atoms with van der Waals surface area (Å²) < 4.78 is 6.74. The van der Waals surface area contributed by atoms with E-state index in [9.17, 15) is 5.11 Å². The summed E-state index contributed by atoms with van der Waals surface area (Å²) in [6, 6.07) is 0. The lowest BCUT2D eigenvalue weighted by molar-refractivity contribution is 0.131. The van der Waals surface area contributed by atoms with E-state index < -0.39 is 6.10 Å². The lowest BCUT2D eigenvalue weighted by Gasteiger charge is -2.10. The molecule has 1 aromatic rings. The third kappa shape index (κ3) is 2.82. The Kier molecular flexibility index (Phi) is 3.92. The van der Waals surface area contributed by atoms with Crippen LogP contribution in [0.15, 0.2) is 12.5 Å². The van der Waals surface area contributed by atoms with Gasteiger partial charge in [0.15, 0.2) is 0 Å². The Labute approximate surface area is 78.2 Å². The van der Waals surface area contributed by atoms with Crippen LogP contribution >= 0.6 is 0 Å². The van der Waals surface area contributed by atoms with E-state index in [0.29, 0.717) is 13.0 Å². The minimum Gasteiger partial charge on any atom is -0.387 e. The zero-order valence-electron chi connectivity index (χ0n) is 8.10.